The van der Waals surface area contributed by atoms with Gasteiger partial charge in [-0.2, -0.15) is 0 Å². The molecule has 0 amide bonds. The first kappa shape index (κ1) is 15.5. The molecule has 0 heterocycles. The summed E-state index contributed by atoms with van der Waals surface area (Å²) in [6.07, 6.45) is 8.11. The molecule has 1 nitrogen and oxygen atoms in total. The first-order valence-corrected chi connectivity index (χ1v) is 7.57. The maximum Gasteiger partial charge on any atom is 0.0411 e. The summed E-state index contributed by atoms with van der Waals surface area (Å²) in [7, 11) is 0. The van der Waals surface area contributed by atoms with E-state index >= 15 is 0 Å². The Labute approximate surface area is 117 Å². The van der Waals surface area contributed by atoms with E-state index in [-0.39, 0.29) is 0 Å². The molecule has 1 rings (SSSR count). The van der Waals surface area contributed by atoms with Crippen LogP contribution >= 0.6 is 11.6 Å². The molecule has 0 aromatic heterocycles. The number of benzene rings is 1. The second-order valence-electron chi connectivity index (χ2n) is 5.08. The Morgan fingerprint density at radius 1 is 1.00 bits per heavy atom. The van der Waals surface area contributed by atoms with Crippen LogP contribution in [0.25, 0.3) is 0 Å². The molecule has 0 saturated heterocycles. The van der Waals surface area contributed by atoms with E-state index < -0.39 is 0 Å². The van der Waals surface area contributed by atoms with Crippen molar-refractivity contribution in [3.8, 4) is 0 Å². The number of hydrogen-bond donors (Lipinski definition) is 1. The summed E-state index contributed by atoms with van der Waals surface area (Å²) in [4.78, 5) is 0. The fraction of sp³-hybridized carbons (Fsp3) is 0.625. The van der Waals surface area contributed by atoms with Crippen molar-refractivity contribution in [3.05, 3.63) is 34.3 Å². The van der Waals surface area contributed by atoms with E-state index in [1.54, 1.807) is 0 Å². The lowest BCUT2D eigenvalue weighted by Gasteiger charge is -2.06. The lowest BCUT2D eigenvalue weighted by molar-refractivity contribution is 0.572. The van der Waals surface area contributed by atoms with Crippen LogP contribution in [0.1, 0.15) is 56.6 Å². The zero-order valence-corrected chi connectivity index (χ0v) is 12.5. The summed E-state index contributed by atoms with van der Waals surface area (Å²) in [5.74, 6) is 0. The quantitative estimate of drug-likeness (QED) is 0.614. The minimum absolute atomic E-state index is 0.839. The molecule has 0 atom stereocenters. The van der Waals surface area contributed by atoms with Crippen molar-refractivity contribution in [1.82, 2.24) is 5.32 Å². The second kappa shape index (κ2) is 9.41. The summed E-state index contributed by atoms with van der Waals surface area (Å²) in [6, 6.07) is 6.24. The topological polar surface area (TPSA) is 12.0 Å². The Hall–Kier alpha value is -0.530. The van der Waals surface area contributed by atoms with Gasteiger partial charge in [-0.3, -0.25) is 0 Å². The molecule has 1 aromatic carbocycles. The fourth-order valence-electron chi connectivity index (χ4n) is 2.18. The van der Waals surface area contributed by atoms with Gasteiger partial charge in [-0.25, -0.2) is 0 Å². The van der Waals surface area contributed by atoms with Crippen molar-refractivity contribution < 1.29 is 0 Å². The monoisotopic (exact) mass is 267 g/mol. The van der Waals surface area contributed by atoms with Gasteiger partial charge in [0.1, 0.15) is 0 Å². The van der Waals surface area contributed by atoms with Gasteiger partial charge in [0.15, 0.2) is 0 Å². The summed E-state index contributed by atoms with van der Waals surface area (Å²) in [5.41, 5.74) is 2.52. The zero-order valence-electron chi connectivity index (χ0n) is 11.8. The molecule has 1 N–H and O–H groups in total. The Bertz CT molecular complexity index is 316. The number of unbranched alkanes of at least 4 members (excludes halogenated alkanes) is 5. The van der Waals surface area contributed by atoms with Crippen LogP contribution in [-0.2, 0) is 6.54 Å². The standard InChI is InChI=1S/C16H26ClN/c1-3-4-5-6-7-8-9-18-13-15-10-14(2)11-16(17)12-15/h10-12,18H,3-9,13H2,1-2H3. The van der Waals surface area contributed by atoms with Crippen molar-refractivity contribution in [2.75, 3.05) is 6.54 Å². The van der Waals surface area contributed by atoms with Gasteiger partial charge in [0.25, 0.3) is 0 Å². The normalized spacial score (nSPS) is 10.8. The second-order valence-corrected chi connectivity index (χ2v) is 5.52. The van der Waals surface area contributed by atoms with Crippen molar-refractivity contribution in [2.45, 2.75) is 58.9 Å². The zero-order chi connectivity index (χ0) is 13.2. The van der Waals surface area contributed by atoms with Crippen LogP contribution in [0, 0.1) is 6.92 Å². The highest BCUT2D eigenvalue weighted by molar-refractivity contribution is 6.30. The van der Waals surface area contributed by atoms with E-state index in [0.717, 1.165) is 18.1 Å². The lowest BCUT2D eigenvalue weighted by Crippen LogP contribution is -2.14. The highest BCUT2D eigenvalue weighted by Crippen LogP contribution is 2.14. The third-order valence-electron chi connectivity index (χ3n) is 3.14. The van der Waals surface area contributed by atoms with E-state index in [1.165, 1.54) is 49.7 Å². The van der Waals surface area contributed by atoms with Gasteiger partial charge in [-0.05, 0) is 43.1 Å². The molecule has 1 aromatic rings. The van der Waals surface area contributed by atoms with Crippen LogP contribution in [0.3, 0.4) is 0 Å². The molecule has 2 heteroatoms. The van der Waals surface area contributed by atoms with E-state index in [1.807, 2.05) is 12.1 Å². The average molecular weight is 268 g/mol. The Kier molecular flexibility index (Phi) is 8.11. The summed E-state index contributed by atoms with van der Waals surface area (Å²) in [6.45, 7) is 6.38. The fourth-order valence-corrected chi connectivity index (χ4v) is 2.49. The highest BCUT2D eigenvalue weighted by Gasteiger charge is 1.97. The van der Waals surface area contributed by atoms with E-state index in [9.17, 15) is 0 Å². The first-order chi connectivity index (χ1) is 8.72. The van der Waals surface area contributed by atoms with Crippen LogP contribution in [0.5, 0.6) is 0 Å². The summed E-state index contributed by atoms with van der Waals surface area (Å²) < 4.78 is 0. The molecule has 0 aliphatic rings. The Balaban J connectivity index is 2.07. The van der Waals surface area contributed by atoms with Crippen LogP contribution in [0.2, 0.25) is 5.02 Å². The van der Waals surface area contributed by atoms with E-state index in [4.69, 9.17) is 11.6 Å². The van der Waals surface area contributed by atoms with E-state index in [2.05, 4.69) is 25.2 Å². The molecule has 0 spiro atoms. The SMILES string of the molecule is CCCCCCCCNCc1cc(C)cc(Cl)c1. The van der Waals surface area contributed by atoms with Gasteiger partial charge in [0.05, 0.1) is 0 Å². The number of rotatable bonds is 9. The first-order valence-electron chi connectivity index (χ1n) is 7.19. The third kappa shape index (κ3) is 7.03. The summed E-state index contributed by atoms with van der Waals surface area (Å²) >= 11 is 6.03. The number of aryl methyl sites for hydroxylation is 1. The summed E-state index contributed by atoms with van der Waals surface area (Å²) in [5, 5.41) is 4.33. The van der Waals surface area contributed by atoms with Gasteiger partial charge in [-0.15, -0.1) is 0 Å². The predicted octanol–water partition coefficient (Wildman–Crippen LogP) is 5.10. The molecule has 102 valence electrons. The smallest absolute Gasteiger partial charge is 0.0411 e. The number of halogens is 1. The molecule has 0 aliphatic carbocycles. The van der Waals surface area contributed by atoms with Gasteiger partial charge in [-0.1, -0.05) is 56.7 Å². The molecular weight excluding hydrogens is 242 g/mol. The van der Waals surface area contributed by atoms with Crippen LogP contribution in [0.4, 0.5) is 0 Å². The molecule has 0 saturated carbocycles. The molecule has 0 bridgehead atoms. The van der Waals surface area contributed by atoms with Crippen LogP contribution in [0.15, 0.2) is 18.2 Å². The predicted molar refractivity (Wildman–Crippen MR) is 81.3 cm³/mol. The number of nitrogens with one attached hydrogen (secondary N) is 1. The molecule has 18 heavy (non-hydrogen) atoms. The highest BCUT2D eigenvalue weighted by atomic mass is 35.5. The van der Waals surface area contributed by atoms with Crippen LogP contribution in [-0.4, -0.2) is 6.54 Å². The molecule has 0 radical (unpaired) electrons. The van der Waals surface area contributed by atoms with E-state index in [0.29, 0.717) is 0 Å². The molecule has 0 aliphatic heterocycles. The van der Waals surface area contributed by atoms with Crippen molar-refractivity contribution >= 4 is 11.6 Å². The minimum atomic E-state index is 0.839. The van der Waals surface area contributed by atoms with Crippen molar-refractivity contribution in [2.24, 2.45) is 0 Å². The third-order valence-corrected chi connectivity index (χ3v) is 3.36. The molecule has 0 unspecified atom stereocenters. The minimum Gasteiger partial charge on any atom is -0.313 e. The Morgan fingerprint density at radius 2 is 1.72 bits per heavy atom. The molecule has 0 fully saturated rings. The van der Waals surface area contributed by atoms with Gasteiger partial charge in [0.2, 0.25) is 0 Å². The van der Waals surface area contributed by atoms with Crippen molar-refractivity contribution in [3.63, 3.8) is 0 Å². The van der Waals surface area contributed by atoms with Crippen molar-refractivity contribution in [1.29, 1.82) is 0 Å². The Morgan fingerprint density at radius 3 is 2.44 bits per heavy atom. The van der Waals surface area contributed by atoms with Gasteiger partial charge < -0.3 is 5.32 Å². The maximum atomic E-state index is 6.03. The van der Waals surface area contributed by atoms with Gasteiger partial charge in [0, 0.05) is 11.6 Å². The van der Waals surface area contributed by atoms with Crippen LogP contribution < -0.4 is 5.32 Å². The largest absolute Gasteiger partial charge is 0.313 e. The van der Waals surface area contributed by atoms with Gasteiger partial charge >= 0.3 is 0 Å². The maximum absolute atomic E-state index is 6.03. The number of hydrogen-bond acceptors (Lipinski definition) is 1. The average Bonchev–Trinajstić information content (AvgIpc) is 2.31. The lowest BCUT2D eigenvalue weighted by atomic mass is 10.1. The molecular formula is C16H26ClN.